The van der Waals surface area contributed by atoms with E-state index < -0.39 is 0 Å². The van der Waals surface area contributed by atoms with E-state index in [-0.39, 0.29) is 0 Å². The lowest BCUT2D eigenvalue weighted by Gasteiger charge is -2.09. The predicted molar refractivity (Wildman–Crippen MR) is 70.5 cm³/mol. The fraction of sp³-hybridized carbons (Fsp3) is 0.154. The van der Waals surface area contributed by atoms with Crippen LogP contribution in [0.4, 0.5) is 5.69 Å². The molecule has 0 fully saturated rings. The van der Waals surface area contributed by atoms with Gasteiger partial charge in [0.25, 0.3) is 0 Å². The highest BCUT2D eigenvalue weighted by Gasteiger charge is 2.08. The highest BCUT2D eigenvalue weighted by molar-refractivity contribution is 7.99. The first kappa shape index (κ1) is 11.8. The Bertz CT molecular complexity index is 529. The van der Waals surface area contributed by atoms with Crippen LogP contribution in [0, 0.1) is 6.92 Å². The number of pyridine rings is 1. The second-order valence-corrected chi connectivity index (χ2v) is 4.63. The summed E-state index contributed by atoms with van der Waals surface area (Å²) in [5.74, 6) is 0.834. The van der Waals surface area contributed by atoms with Crippen molar-refractivity contribution < 1.29 is 4.74 Å². The number of nitrogens with two attached hydrogens (primary N) is 1. The van der Waals surface area contributed by atoms with Crippen molar-refractivity contribution in [2.45, 2.75) is 16.8 Å². The number of nitrogens with zero attached hydrogens (tertiary/aromatic N) is 1. The third-order valence-corrected chi connectivity index (χ3v) is 3.38. The first-order chi connectivity index (χ1) is 8.20. The summed E-state index contributed by atoms with van der Waals surface area (Å²) in [6.45, 7) is 1.95. The zero-order valence-corrected chi connectivity index (χ0v) is 10.6. The molecule has 0 saturated carbocycles. The monoisotopic (exact) mass is 246 g/mol. The molecule has 0 aliphatic carbocycles. The molecule has 0 unspecified atom stereocenters. The fourth-order valence-electron chi connectivity index (χ4n) is 1.43. The van der Waals surface area contributed by atoms with Crippen molar-refractivity contribution in [3.8, 4) is 5.75 Å². The highest BCUT2D eigenvalue weighted by atomic mass is 32.2. The van der Waals surface area contributed by atoms with Gasteiger partial charge in [-0.2, -0.15) is 0 Å². The van der Waals surface area contributed by atoms with Crippen molar-refractivity contribution in [3.05, 3.63) is 42.1 Å². The molecule has 1 aromatic heterocycles. The minimum Gasteiger partial charge on any atom is -0.496 e. The van der Waals surface area contributed by atoms with Crippen LogP contribution in [0.3, 0.4) is 0 Å². The highest BCUT2D eigenvalue weighted by Crippen LogP contribution is 2.36. The summed E-state index contributed by atoms with van der Waals surface area (Å²) in [7, 11) is 1.66. The van der Waals surface area contributed by atoms with Crippen LogP contribution in [0.2, 0.25) is 0 Å². The Morgan fingerprint density at radius 2 is 1.94 bits per heavy atom. The fourth-order valence-corrected chi connectivity index (χ4v) is 2.42. The van der Waals surface area contributed by atoms with Gasteiger partial charge in [0.1, 0.15) is 10.8 Å². The van der Waals surface area contributed by atoms with Crippen LogP contribution in [0.1, 0.15) is 5.69 Å². The summed E-state index contributed by atoms with van der Waals surface area (Å²) in [6, 6.07) is 11.6. The Hall–Kier alpha value is -1.68. The smallest absolute Gasteiger partial charge is 0.132 e. The lowest BCUT2D eigenvalue weighted by Crippen LogP contribution is -1.94. The van der Waals surface area contributed by atoms with Crippen LogP contribution >= 0.6 is 11.8 Å². The van der Waals surface area contributed by atoms with E-state index in [1.54, 1.807) is 7.11 Å². The van der Waals surface area contributed by atoms with E-state index in [0.29, 0.717) is 5.69 Å². The number of para-hydroxylation sites is 1. The molecule has 0 aliphatic rings. The Labute approximate surface area is 105 Å². The van der Waals surface area contributed by atoms with Crippen LogP contribution < -0.4 is 10.5 Å². The summed E-state index contributed by atoms with van der Waals surface area (Å²) in [6.07, 6.45) is 0. The standard InChI is InChI=1S/C13H14N2OS/c1-9-7-8-10(14)13(15-9)17-12-6-4-3-5-11(12)16-2/h3-8H,14H2,1-2H3. The van der Waals surface area contributed by atoms with Crippen LogP contribution in [-0.4, -0.2) is 12.1 Å². The van der Waals surface area contributed by atoms with Gasteiger partial charge in [-0.15, -0.1) is 0 Å². The molecule has 0 spiro atoms. The first-order valence-electron chi connectivity index (χ1n) is 5.24. The maximum Gasteiger partial charge on any atom is 0.132 e. The molecule has 3 nitrogen and oxygen atoms in total. The summed E-state index contributed by atoms with van der Waals surface area (Å²) in [4.78, 5) is 5.44. The van der Waals surface area contributed by atoms with Gasteiger partial charge < -0.3 is 10.5 Å². The lowest BCUT2D eigenvalue weighted by molar-refractivity contribution is 0.405. The topological polar surface area (TPSA) is 48.1 Å². The minimum atomic E-state index is 0.687. The zero-order valence-electron chi connectivity index (χ0n) is 9.81. The van der Waals surface area contributed by atoms with Crippen molar-refractivity contribution >= 4 is 17.4 Å². The maximum absolute atomic E-state index is 5.90. The van der Waals surface area contributed by atoms with E-state index in [1.165, 1.54) is 11.8 Å². The van der Waals surface area contributed by atoms with Gasteiger partial charge in [-0.05, 0) is 31.2 Å². The molecule has 0 saturated heterocycles. The Balaban J connectivity index is 2.34. The predicted octanol–water partition coefficient (Wildman–Crippen LogP) is 3.13. The molecule has 0 bridgehead atoms. The van der Waals surface area contributed by atoms with Gasteiger partial charge in [0.15, 0.2) is 0 Å². The van der Waals surface area contributed by atoms with Crippen LogP contribution in [0.25, 0.3) is 0 Å². The van der Waals surface area contributed by atoms with Crippen molar-refractivity contribution in [3.63, 3.8) is 0 Å². The molecular formula is C13H14N2OS. The van der Waals surface area contributed by atoms with Gasteiger partial charge in [-0.3, -0.25) is 0 Å². The molecule has 0 radical (unpaired) electrons. The molecule has 88 valence electrons. The van der Waals surface area contributed by atoms with Crippen LogP contribution in [0.5, 0.6) is 5.75 Å². The van der Waals surface area contributed by atoms with E-state index >= 15 is 0 Å². The number of hydrogen-bond donors (Lipinski definition) is 1. The summed E-state index contributed by atoms with van der Waals surface area (Å²) in [5, 5.41) is 0.814. The van der Waals surface area contributed by atoms with Gasteiger partial charge >= 0.3 is 0 Å². The number of anilines is 1. The molecule has 0 atom stereocenters. The average molecular weight is 246 g/mol. The Morgan fingerprint density at radius 3 is 2.71 bits per heavy atom. The van der Waals surface area contributed by atoms with E-state index in [4.69, 9.17) is 10.5 Å². The number of rotatable bonds is 3. The number of methoxy groups -OCH3 is 1. The maximum atomic E-state index is 5.90. The van der Waals surface area contributed by atoms with Crippen LogP contribution in [0.15, 0.2) is 46.3 Å². The number of nitrogen functional groups attached to an aromatic ring is 1. The molecule has 0 aliphatic heterocycles. The molecule has 1 heterocycles. The first-order valence-corrected chi connectivity index (χ1v) is 6.06. The average Bonchev–Trinajstić information content (AvgIpc) is 2.34. The molecule has 1 aromatic carbocycles. The van der Waals surface area contributed by atoms with Gasteiger partial charge in [-0.25, -0.2) is 4.98 Å². The summed E-state index contributed by atoms with van der Waals surface area (Å²) < 4.78 is 5.30. The second kappa shape index (κ2) is 5.10. The normalized spacial score (nSPS) is 10.2. The van der Waals surface area contributed by atoms with Gasteiger partial charge in [0.2, 0.25) is 0 Å². The molecular weight excluding hydrogens is 232 g/mol. The Morgan fingerprint density at radius 1 is 1.18 bits per heavy atom. The molecule has 0 amide bonds. The van der Waals surface area contributed by atoms with Crippen molar-refractivity contribution in [2.24, 2.45) is 0 Å². The second-order valence-electron chi connectivity index (χ2n) is 3.60. The van der Waals surface area contributed by atoms with Crippen LogP contribution in [-0.2, 0) is 0 Å². The third-order valence-electron chi connectivity index (χ3n) is 2.30. The van der Waals surface area contributed by atoms with Crippen molar-refractivity contribution in [1.82, 2.24) is 4.98 Å². The summed E-state index contributed by atoms with van der Waals surface area (Å²) in [5.41, 5.74) is 7.55. The van der Waals surface area contributed by atoms with E-state index in [9.17, 15) is 0 Å². The number of benzene rings is 1. The van der Waals surface area contributed by atoms with Gasteiger partial charge in [0.05, 0.1) is 17.7 Å². The quantitative estimate of drug-likeness (QED) is 0.904. The zero-order chi connectivity index (χ0) is 12.3. The third kappa shape index (κ3) is 2.71. The Kier molecular flexibility index (Phi) is 3.54. The molecule has 4 heteroatoms. The lowest BCUT2D eigenvalue weighted by atomic mass is 10.3. The molecule has 17 heavy (non-hydrogen) atoms. The molecule has 2 rings (SSSR count). The minimum absolute atomic E-state index is 0.687. The number of hydrogen-bond acceptors (Lipinski definition) is 4. The molecule has 2 aromatic rings. The number of ether oxygens (including phenoxy) is 1. The van der Waals surface area contributed by atoms with E-state index in [1.807, 2.05) is 43.3 Å². The van der Waals surface area contributed by atoms with Gasteiger partial charge in [-0.1, -0.05) is 23.9 Å². The largest absolute Gasteiger partial charge is 0.496 e. The number of aromatic nitrogens is 1. The van der Waals surface area contributed by atoms with E-state index in [0.717, 1.165) is 21.4 Å². The van der Waals surface area contributed by atoms with E-state index in [2.05, 4.69) is 4.98 Å². The summed E-state index contributed by atoms with van der Waals surface area (Å²) >= 11 is 1.52. The molecule has 2 N–H and O–H groups in total. The van der Waals surface area contributed by atoms with Crippen molar-refractivity contribution in [1.29, 1.82) is 0 Å². The van der Waals surface area contributed by atoms with Crippen molar-refractivity contribution in [2.75, 3.05) is 12.8 Å². The van der Waals surface area contributed by atoms with Gasteiger partial charge in [0, 0.05) is 5.69 Å². The number of aryl methyl sites for hydroxylation is 1. The SMILES string of the molecule is COc1ccccc1Sc1nc(C)ccc1N.